The molecule has 1 aromatic rings. The summed E-state index contributed by atoms with van der Waals surface area (Å²) < 4.78 is 5.24. The van der Waals surface area contributed by atoms with Gasteiger partial charge in [-0.05, 0) is 32.1 Å². The summed E-state index contributed by atoms with van der Waals surface area (Å²) in [5.41, 5.74) is 0. The molecule has 0 aromatic carbocycles. The van der Waals surface area contributed by atoms with Crippen molar-refractivity contribution in [3.8, 4) is 0 Å². The van der Waals surface area contributed by atoms with E-state index in [1.807, 2.05) is 19.1 Å². The fourth-order valence-corrected chi connectivity index (χ4v) is 2.78. The van der Waals surface area contributed by atoms with Crippen molar-refractivity contribution in [3.63, 3.8) is 0 Å². The van der Waals surface area contributed by atoms with E-state index in [1.54, 1.807) is 37.1 Å². The van der Waals surface area contributed by atoms with E-state index in [0.717, 1.165) is 5.76 Å². The summed E-state index contributed by atoms with van der Waals surface area (Å²) in [6, 6.07) is 3.73. The number of carbonyl (C=O) groups excluding carboxylic acids is 2. The highest BCUT2D eigenvalue weighted by atomic mass is 32.2. The maximum absolute atomic E-state index is 11.6. The number of hydrogen-bond acceptors (Lipinski definition) is 4. The van der Waals surface area contributed by atoms with Crippen molar-refractivity contribution in [1.29, 1.82) is 0 Å². The molecule has 0 radical (unpaired) electrons. The van der Waals surface area contributed by atoms with E-state index in [-0.39, 0.29) is 16.8 Å². The fraction of sp³-hybridized carbons (Fsp3) is 0.429. The summed E-state index contributed by atoms with van der Waals surface area (Å²) in [5, 5.41) is 0.0244. The zero-order valence-corrected chi connectivity index (χ0v) is 11.5. The van der Waals surface area contributed by atoms with Gasteiger partial charge in [-0.2, -0.15) is 0 Å². The van der Waals surface area contributed by atoms with Crippen molar-refractivity contribution in [2.75, 3.05) is 0 Å². The summed E-state index contributed by atoms with van der Waals surface area (Å²) in [4.78, 5) is 22.8. The van der Waals surface area contributed by atoms with Crippen molar-refractivity contribution in [2.45, 2.75) is 37.7 Å². The van der Waals surface area contributed by atoms with Crippen LogP contribution < -0.4 is 0 Å². The zero-order valence-electron chi connectivity index (χ0n) is 10.7. The van der Waals surface area contributed by atoms with E-state index in [2.05, 4.69) is 0 Å². The van der Waals surface area contributed by atoms with Crippen LogP contribution in [0.5, 0.6) is 0 Å². The number of allylic oxidation sites excluding steroid dienone is 2. The van der Waals surface area contributed by atoms with Crippen molar-refractivity contribution < 1.29 is 14.0 Å². The first kappa shape index (κ1) is 14.8. The maximum Gasteiger partial charge on any atom is 0.156 e. The van der Waals surface area contributed by atoms with Gasteiger partial charge >= 0.3 is 0 Å². The molecule has 0 saturated heterocycles. The Morgan fingerprint density at radius 1 is 1.44 bits per heavy atom. The molecule has 1 atom stereocenters. The van der Waals surface area contributed by atoms with Crippen LogP contribution in [0.25, 0.3) is 0 Å². The van der Waals surface area contributed by atoms with Crippen LogP contribution in [-0.2, 0) is 15.3 Å². The normalized spacial score (nSPS) is 12.8. The molecule has 1 aromatic heterocycles. The first-order valence-electron chi connectivity index (χ1n) is 5.90. The molecule has 0 saturated carbocycles. The lowest BCUT2D eigenvalue weighted by Gasteiger charge is -2.12. The van der Waals surface area contributed by atoms with Crippen LogP contribution in [-0.4, -0.2) is 16.8 Å². The minimum Gasteiger partial charge on any atom is -0.468 e. The molecule has 3 nitrogen and oxygen atoms in total. The van der Waals surface area contributed by atoms with Gasteiger partial charge < -0.3 is 4.42 Å². The Labute approximate surface area is 112 Å². The smallest absolute Gasteiger partial charge is 0.156 e. The average molecular weight is 266 g/mol. The van der Waals surface area contributed by atoms with E-state index in [0.29, 0.717) is 18.6 Å². The van der Waals surface area contributed by atoms with E-state index in [9.17, 15) is 9.59 Å². The van der Waals surface area contributed by atoms with Crippen LogP contribution in [0.15, 0.2) is 35.0 Å². The molecule has 1 rings (SSSR count). The van der Waals surface area contributed by atoms with Gasteiger partial charge in [0.25, 0.3) is 0 Å². The van der Waals surface area contributed by atoms with Crippen LogP contribution in [0.3, 0.4) is 0 Å². The van der Waals surface area contributed by atoms with Gasteiger partial charge in [0.15, 0.2) is 5.78 Å². The molecule has 0 N–H and O–H groups in total. The minimum atomic E-state index is 0.0244. The second kappa shape index (κ2) is 7.93. The van der Waals surface area contributed by atoms with Crippen molar-refractivity contribution >= 4 is 23.3 Å². The number of furan rings is 1. The third kappa shape index (κ3) is 5.87. The summed E-state index contributed by atoms with van der Waals surface area (Å²) in [7, 11) is 0. The lowest BCUT2D eigenvalue weighted by atomic mass is 10.1. The third-order valence-electron chi connectivity index (χ3n) is 2.34. The zero-order chi connectivity index (χ0) is 13.4. The molecule has 18 heavy (non-hydrogen) atoms. The Bertz CT molecular complexity index is 407. The molecule has 0 aliphatic heterocycles. The van der Waals surface area contributed by atoms with E-state index in [4.69, 9.17) is 4.42 Å². The van der Waals surface area contributed by atoms with Crippen molar-refractivity contribution in [2.24, 2.45) is 0 Å². The Morgan fingerprint density at radius 3 is 2.78 bits per heavy atom. The average Bonchev–Trinajstić information content (AvgIpc) is 2.78. The minimum absolute atomic E-state index is 0.0244. The van der Waals surface area contributed by atoms with Gasteiger partial charge in [0.1, 0.15) is 11.5 Å². The van der Waals surface area contributed by atoms with Crippen molar-refractivity contribution in [3.05, 3.63) is 36.3 Å². The van der Waals surface area contributed by atoms with Gasteiger partial charge in [0.2, 0.25) is 0 Å². The Hall–Kier alpha value is -1.29. The van der Waals surface area contributed by atoms with E-state index >= 15 is 0 Å². The number of rotatable bonds is 8. The lowest BCUT2D eigenvalue weighted by molar-refractivity contribution is -0.117. The molecule has 0 aliphatic rings. The molecule has 0 amide bonds. The van der Waals surface area contributed by atoms with Gasteiger partial charge in [0.05, 0.1) is 12.0 Å². The van der Waals surface area contributed by atoms with Crippen LogP contribution >= 0.6 is 11.8 Å². The van der Waals surface area contributed by atoms with Crippen LogP contribution in [0.4, 0.5) is 0 Å². The number of carbonyl (C=O) groups is 2. The Morgan fingerprint density at radius 2 is 2.22 bits per heavy atom. The summed E-state index contributed by atoms with van der Waals surface area (Å²) >= 11 is 1.59. The maximum atomic E-state index is 11.6. The van der Waals surface area contributed by atoms with Crippen LogP contribution in [0.2, 0.25) is 0 Å². The van der Waals surface area contributed by atoms with Gasteiger partial charge in [-0.15, -0.1) is 11.8 Å². The van der Waals surface area contributed by atoms with Gasteiger partial charge in [-0.3, -0.25) is 9.59 Å². The molecule has 0 spiro atoms. The molecule has 4 heteroatoms. The highest BCUT2D eigenvalue weighted by Crippen LogP contribution is 2.24. The summed E-state index contributed by atoms with van der Waals surface area (Å²) in [6.45, 7) is 3.37. The molecule has 0 bridgehead atoms. The highest BCUT2D eigenvalue weighted by molar-refractivity contribution is 7.99. The Kier molecular flexibility index (Phi) is 6.50. The molecule has 0 aliphatic carbocycles. The predicted octanol–water partition coefficient (Wildman–Crippen LogP) is 3.40. The molecule has 1 unspecified atom stereocenters. The number of hydrogen-bond donors (Lipinski definition) is 0. The third-order valence-corrected chi connectivity index (χ3v) is 3.59. The first-order chi connectivity index (χ1) is 8.61. The second-order valence-corrected chi connectivity index (χ2v) is 5.38. The first-order valence-corrected chi connectivity index (χ1v) is 6.95. The standard InChI is InChI=1S/C14H18O3S/c1-3-5-12(16)9-14(8-11(2)15)18-10-13-6-4-7-17-13/h3-7,14H,8-10H2,1-2H3. The molecule has 1 heterocycles. The summed E-state index contributed by atoms with van der Waals surface area (Å²) in [5.74, 6) is 1.73. The molecule has 98 valence electrons. The quantitative estimate of drug-likeness (QED) is 0.677. The van der Waals surface area contributed by atoms with E-state index < -0.39 is 0 Å². The van der Waals surface area contributed by atoms with E-state index in [1.165, 1.54) is 0 Å². The number of thioether (sulfide) groups is 1. The van der Waals surface area contributed by atoms with Crippen molar-refractivity contribution in [1.82, 2.24) is 0 Å². The SMILES string of the molecule is CC=CC(=O)CC(CC(C)=O)SCc1ccco1. The Balaban J connectivity index is 2.49. The molecule has 0 fully saturated rings. The monoisotopic (exact) mass is 266 g/mol. The molecular weight excluding hydrogens is 248 g/mol. The van der Waals surface area contributed by atoms with Gasteiger partial charge in [-0.1, -0.05) is 6.08 Å². The van der Waals surface area contributed by atoms with Crippen LogP contribution in [0.1, 0.15) is 32.4 Å². The number of Topliss-reactive ketones (excluding diaryl/α,β-unsaturated/α-hetero) is 1. The second-order valence-electron chi connectivity index (χ2n) is 4.09. The predicted molar refractivity (Wildman–Crippen MR) is 73.5 cm³/mol. The largest absolute Gasteiger partial charge is 0.468 e. The van der Waals surface area contributed by atoms with Gasteiger partial charge in [0, 0.05) is 18.1 Å². The van der Waals surface area contributed by atoms with Gasteiger partial charge in [-0.25, -0.2) is 0 Å². The highest BCUT2D eigenvalue weighted by Gasteiger charge is 2.15. The van der Waals surface area contributed by atoms with Crippen LogP contribution in [0, 0.1) is 0 Å². The number of ketones is 2. The summed E-state index contributed by atoms with van der Waals surface area (Å²) in [6.07, 6.45) is 5.73. The molecular formula is C14H18O3S. The topological polar surface area (TPSA) is 47.3 Å². The fourth-order valence-electron chi connectivity index (χ4n) is 1.58. The lowest BCUT2D eigenvalue weighted by Crippen LogP contribution is -2.13.